The van der Waals surface area contributed by atoms with Crippen LogP contribution >= 0.6 is 0 Å². The van der Waals surface area contributed by atoms with E-state index in [0.29, 0.717) is 11.6 Å². The topological polar surface area (TPSA) is 55.1 Å². The van der Waals surface area contributed by atoms with Crippen LogP contribution in [-0.2, 0) is 0 Å². The minimum atomic E-state index is -0.290. The summed E-state index contributed by atoms with van der Waals surface area (Å²) >= 11 is 0. The molecule has 0 aliphatic carbocycles. The van der Waals surface area contributed by atoms with E-state index in [-0.39, 0.29) is 11.7 Å². The molecule has 15 heavy (non-hydrogen) atoms. The van der Waals surface area contributed by atoms with Gasteiger partial charge in [-0.1, -0.05) is 6.07 Å². The molecule has 0 unspecified atom stereocenters. The predicted molar refractivity (Wildman–Crippen MR) is 55.6 cm³/mol. The van der Waals surface area contributed by atoms with Crippen LogP contribution in [0.1, 0.15) is 16.3 Å². The first-order valence-corrected chi connectivity index (χ1v) is 4.54. The Hall–Kier alpha value is -2.10. The summed E-state index contributed by atoms with van der Waals surface area (Å²) in [6.45, 7) is 1.79. The van der Waals surface area contributed by atoms with Crippen molar-refractivity contribution >= 4 is 11.7 Å². The molecular formula is C11H10N2O2. The number of nitrogens with one attached hydrogen (secondary N) is 1. The summed E-state index contributed by atoms with van der Waals surface area (Å²) < 4.78 is 5.18. The van der Waals surface area contributed by atoms with E-state index in [1.807, 2.05) is 0 Å². The number of rotatable bonds is 2. The van der Waals surface area contributed by atoms with Crippen LogP contribution in [0.15, 0.2) is 40.9 Å². The Balaban J connectivity index is 2.11. The molecule has 0 aliphatic heterocycles. The standard InChI is InChI=1S/C11H10N2O2/c1-8-5-6-9(15-8)11(14)13-10-4-2-3-7-12-10/h2-7H,1H3,(H,12,13,14). The number of anilines is 1. The van der Waals surface area contributed by atoms with E-state index in [0.717, 1.165) is 0 Å². The van der Waals surface area contributed by atoms with Crippen molar-refractivity contribution in [3.05, 3.63) is 48.0 Å². The van der Waals surface area contributed by atoms with Gasteiger partial charge in [-0.2, -0.15) is 0 Å². The number of hydrogen-bond donors (Lipinski definition) is 1. The molecule has 0 atom stereocenters. The Morgan fingerprint density at radius 3 is 2.80 bits per heavy atom. The second-order valence-corrected chi connectivity index (χ2v) is 3.08. The first-order chi connectivity index (χ1) is 7.25. The predicted octanol–water partition coefficient (Wildman–Crippen LogP) is 2.24. The van der Waals surface area contributed by atoms with Gasteiger partial charge >= 0.3 is 0 Å². The minimum absolute atomic E-state index is 0.290. The van der Waals surface area contributed by atoms with Gasteiger partial charge in [-0.15, -0.1) is 0 Å². The lowest BCUT2D eigenvalue weighted by Crippen LogP contribution is -2.11. The molecule has 0 spiro atoms. The zero-order valence-corrected chi connectivity index (χ0v) is 8.23. The summed E-state index contributed by atoms with van der Waals surface area (Å²) in [6.07, 6.45) is 1.61. The zero-order valence-electron chi connectivity index (χ0n) is 8.23. The Labute approximate surface area is 86.9 Å². The fourth-order valence-corrected chi connectivity index (χ4v) is 1.17. The van der Waals surface area contributed by atoms with Crippen molar-refractivity contribution in [1.82, 2.24) is 4.98 Å². The van der Waals surface area contributed by atoms with Crippen LogP contribution in [-0.4, -0.2) is 10.9 Å². The highest BCUT2D eigenvalue weighted by atomic mass is 16.3. The van der Waals surface area contributed by atoms with Gasteiger partial charge in [0.25, 0.3) is 5.91 Å². The quantitative estimate of drug-likeness (QED) is 0.812. The smallest absolute Gasteiger partial charge is 0.292 e. The van der Waals surface area contributed by atoms with Gasteiger partial charge in [0.15, 0.2) is 5.76 Å². The van der Waals surface area contributed by atoms with Gasteiger partial charge in [-0.25, -0.2) is 4.98 Å². The van der Waals surface area contributed by atoms with E-state index < -0.39 is 0 Å². The lowest BCUT2D eigenvalue weighted by molar-refractivity contribution is 0.0995. The molecule has 2 heterocycles. The maximum absolute atomic E-state index is 11.6. The molecule has 76 valence electrons. The molecule has 0 bridgehead atoms. The number of aromatic nitrogens is 1. The summed E-state index contributed by atoms with van der Waals surface area (Å²) in [5.41, 5.74) is 0. The van der Waals surface area contributed by atoms with Crippen molar-refractivity contribution in [3.8, 4) is 0 Å². The summed E-state index contributed by atoms with van der Waals surface area (Å²) in [5.74, 6) is 1.22. The van der Waals surface area contributed by atoms with E-state index in [9.17, 15) is 4.79 Å². The van der Waals surface area contributed by atoms with E-state index in [2.05, 4.69) is 10.3 Å². The molecule has 1 amide bonds. The second-order valence-electron chi connectivity index (χ2n) is 3.08. The van der Waals surface area contributed by atoms with Crippen molar-refractivity contribution in [1.29, 1.82) is 0 Å². The van der Waals surface area contributed by atoms with Crippen LogP contribution in [0.2, 0.25) is 0 Å². The molecule has 2 aromatic rings. The largest absolute Gasteiger partial charge is 0.456 e. The third-order valence-electron chi connectivity index (χ3n) is 1.87. The summed E-state index contributed by atoms with van der Waals surface area (Å²) in [6, 6.07) is 8.68. The van der Waals surface area contributed by atoms with E-state index in [1.165, 1.54) is 0 Å². The molecule has 2 rings (SSSR count). The van der Waals surface area contributed by atoms with Crippen LogP contribution in [0.3, 0.4) is 0 Å². The van der Waals surface area contributed by atoms with Gasteiger partial charge in [0.05, 0.1) is 0 Å². The van der Waals surface area contributed by atoms with Crippen molar-refractivity contribution < 1.29 is 9.21 Å². The molecule has 4 nitrogen and oxygen atoms in total. The Morgan fingerprint density at radius 2 is 2.20 bits per heavy atom. The number of carbonyl (C=O) groups is 1. The minimum Gasteiger partial charge on any atom is -0.456 e. The second kappa shape index (κ2) is 3.96. The third kappa shape index (κ3) is 2.22. The number of carbonyl (C=O) groups excluding carboxylic acids is 1. The van der Waals surface area contributed by atoms with Crippen molar-refractivity contribution in [2.24, 2.45) is 0 Å². The molecule has 0 saturated carbocycles. The molecular weight excluding hydrogens is 192 g/mol. The normalized spacial score (nSPS) is 9.93. The summed E-state index contributed by atoms with van der Waals surface area (Å²) in [7, 11) is 0. The van der Waals surface area contributed by atoms with E-state index in [1.54, 1.807) is 43.5 Å². The van der Waals surface area contributed by atoms with Crippen LogP contribution in [0, 0.1) is 6.92 Å². The van der Waals surface area contributed by atoms with Crippen LogP contribution in [0.5, 0.6) is 0 Å². The third-order valence-corrected chi connectivity index (χ3v) is 1.87. The molecule has 0 aromatic carbocycles. The number of hydrogen-bond acceptors (Lipinski definition) is 3. The maximum Gasteiger partial charge on any atom is 0.292 e. The van der Waals surface area contributed by atoms with Crippen LogP contribution in [0.25, 0.3) is 0 Å². The summed E-state index contributed by atoms with van der Waals surface area (Å²) in [4.78, 5) is 15.6. The number of pyridine rings is 1. The van der Waals surface area contributed by atoms with Gasteiger partial charge in [0.1, 0.15) is 11.6 Å². The average Bonchev–Trinajstić information content (AvgIpc) is 2.66. The lowest BCUT2D eigenvalue weighted by Gasteiger charge is -2.00. The van der Waals surface area contributed by atoms with E-state index >= 15 is 0 Å². The number of amides is 1. The summed E-state index contributed by atoms with van der Waals surface area (Å²) in [5, 5.41) is 2.63. The van der Waals surface area contributed by atoms with Crippen LogP contribution < -0.4 is 5.32 Å². The first-order valence-electron chi connectivity index (χ1n) is 4.54. The molecule has 0 saturated heterocycles. The number of aryl methyl sites for hydroxylation is 1. The van der Waals surface area contributed by atoms with E-state index in [4.69, 9.17) is 4.42 Å². The van der Waals surface area contributed by atoms with Gasteiger partial charge in [0.2, 0.25) is 0 Å². The Kier molecular flexibility index (Phi) is 2.49. The fourth-order valence-electron chi connectivity index (χ4n) is 1.17. The van der Waals surface area contributed by atoms with Gasteiger partial charge in [0, 0.05) is 6.20 Å². The monoisotopic (exact) mass is 202 g/mol. The fraction of sp³-hybridized carbons (Fsp3) is 0.0909. The Bertz CT molecular complexity index is 462. The maximum atomic E-state index is 11.6. The molecule has 0 fully saturated rings. The highest BCUT2D eigenvalue weighted by Crippen LogP contribution is 2.09. The molecule has 2 aromatic heterocycles. The van der Waals surface area contributed by atoms with Crippen molar-refractivity contribution in [2.45, 2.75) is 6.92 Å². The lowest BCUT2D eigenvalue weighted by atomic mass is 10.4. The highest BCUT2D eigenvalue weighted by Gasteiger charge is 2.09. The first kappa shape index (κ1) is 9.45. The van der Waals surface area contributed by atoms with Gasteiger partial charge in [-0.3, -0.25) is 4.79 Å². The Morgan fingerprint density at radius 1 is 1.33 bits per heavy atom. The highest BCUT2D eigenvalue weighted by molar-refractivity contribution is 6.01. The van der Waals surface area contributed by atoms with Gasteiger partial charge in [-0.05, 0) is 31.2 Å². The van der Waals surface area contributed by atoms with Crippen molar-refractivity contribution in [3.63, 3.8) is 0 Å². The van der Waals surface area contributed by atoms with Crippen LogP contribution in [0.4, 0.5) is 5.82 Å². The zero-order chi connectivity index (χ0) is 10.7. The molecule has 0 radical (unpaired) electrons. The molecule has 1 N–H and O–H groups in total. The number of furan rings is 1. The molecule has 0 aliphatic rings. The molecule has 4 heteroatoms. The van der Waals surface area contributed by atoms with Crippen molar-refractivity contribution in [2.75, 3.05) is 5.32 Å². The average molecular weight is 202 g/mol. The van der Waals surface area contributed by atoms with Gasteiger partial charge < -0.3 is 9.73 Å². The number of nitrogens with zero attached hydrogens (tertiary/aromatic N) is 1. The SMILES string of the molecule is Cc1ccc(C(=O)Nc2ccccn2)o1.